The van der Waals surface area contributed by atoms with E-state index in [1.54, 1.807) is 4.90 Å². The first-order valence-electron chi connectivity index (χ1n) is 6.65. The van der Waals surface area contributed by atoms with Gasteiger partial charge in [0.2, 0.25) is 5.91 Å². The van der Waals surface area contributed by atoms with Crippen LogP contribution in [0.5, 0.6) is 0 Å². The Kier molecular flexibility index (Phi) is 4.67. The molecular weight excluding hydrogens is 369 g/mol. The van der Waals surface area contributed by atoms with Crippen LogP contribution >= 0.6 is 22.6 Å². The summed E-state index contributed by atoms with van der Waals surface area (Å²) >= 11 is 2.33. The minimum absolute atomic E-state index is 0.0111. The first kappa shape index (κ1) is 15.3. The molecule has 1 fully saturated rings. The summed E-state index contributed by atoms with van der Waals surface area (Å²) in [5.41, 5.74) is 3.28. The Morgan fingerprint density at radius 3 is 2.80 bits per heavy atom. The van der Waals surface area contributed by atoms with Gasteiger partial charge in [-0.2, -0.15) is 0 Å². The highest BCUT2D eigenvalue weighted by Crippen LogP contribution is 2.30. The molecule has 5 heteroatoms. The third-order valence-electron chi connectivity index (χ3n) is 3.67. The molecule has 0 saturated carbocycles. The van der Waals surface area contributed by atoms with Crippen LogP contribution in [0, 0.1) is 16.4 Å². The lowest BCUT2D eigenvalue weighted by molar-refractivity contribution is -0.145. The summed E-state index contributed by atoms with van der Waals surface area (Å²) in [6.07, 6.45) is 1.16. The summed E-state index contributed by atoms with van der Waals surface area (Å²) in [6, 6.07) is 4.06. The van der Waals surface area contributed by atoms with Crippen molar-refractivity contribution in [2.75, 3.05) is 18.6 Å². The van der Waals surface area contributed by atoms with E-state index < -0.39 is 0 Å². The first-order chi connectivity index (χ1) is 9.47. The van der Waals surface area contributed by atoms with Crippen molar-refractivity contribution >= 4 is 40.2 Å². The molecule has 1 saturated heterocycles. The first-order valence-corrected chi connectivity index (χ1v) is 7.73. The highest BCUT2D eigenvalue weighted by molar-refractivity contribution is 14.1. The second-order valence-corrected chi connectivity index (χ2v) is 6.10. The van der Waals surface area contributed by atoms with Crippen LogP contribution < -0.4 is 4.90 Å². The molecular formula is C15H18INO3. The van der Waals surface area contributed by atoms with E-state index >= 15 is 0 Å². The van der Waals surface area contributed by atoms with Gasteiger partial charge in [0.15, 0.2) is 0 Å². The van der Waals surface area contributed by atoms with Crippen molar-refractivity contribution < 1.29 is 14.3 Å². The number of carbonyl (C=O) groups excluding carboxylic acids is 2. The predicted octanol–water partition coefficient (Wildman–Crippen LogP) is 2.69. The zero-order valence-corrected chi connectivity index (χ0v) is 14.1. The second-order valence-electron chi connectivity index (χ2n) is 5.02. The maximum atomic E-state index is 12.1. The quantitative estimate of drug-likeness (QED) is 0.592. The molecule has 1 aromatic carbocycles. The van der Waals surface area contributed by atoms with Crippen molar-refractivity contribution in [3.63, 3.8) is 0 Å². The van der Waals surface area contributed by atoms with Gasteiger partial charge >= 0.3 is 5.97 Å². The van der Waals surface area contributed by atoms with E-state index in [2.05, 4.69) is 29.5 Å². The normalized spacial score (nSPS) is 18.5. The number of carbonyl (C=O) groups is 2. The molecule has 0 radical (unpaired) electrons. The molecule has 4 nitrogen and oxygen atoms in total. The number of halogens is 1. The fourth-order valence-electron chi connectivity index (χ4n) is 2.52. The molecule has 2 rings (SSSR count). The number of ether oxygens (including phenoxy) is 1. The highest BCUT2D eigenvalue weighted by Gasteiger charge is 2.36. The van der Waals surface area contributed by atoms with Crippen LogP contribution in [0.3, 0.4) is 0 Å². The molecule has 1 amide bonds. The van der Waals surface area contributed by atoms with Gasteiger partial charge in [-0.15, -0.1) is 0 Å². The molecule has 0 N–H and O–H groups in total. The minimum Gasteiger partial charge on any atom is -0.469 e. The van der Waals surface area contributed by atoms with Gasteiger partial charge in [0, 0.05) is 22.2 Å². The van der Waals surface area contributed by atoms with E-state index in [0.717, 1.165) is 17.7 Å². The molecule has 1 aliphatic heterocycles. The summed E-state index contributed by atoms with van der Waals surface area (Å²) in [6.45, 7) is 4.56. The summed E-state index contributed by atoms with van der Waals surface area (Å²) in [4.78, 5) is 25.4. The van der Waals surface area contributed by atoms with Gasteiger partial charge in [-0.1, -0.05) is 6.92 Å². The maximum absolute atomic E-state index is 12.1. The zero-order valence-electron chi connectivity index (χ0n) is 11.9. The summed E-state index contributed by atoms with van der Waals surface area (Å²) in [7, 11) is 1.36. The standard InChI is InChI=1S/C15H18INO3/c1-4-10-6-12(5-9(2)14(10)16)17-8-11(7-13(17)18)15(19)20-3/h5-6,11H,4,7-8H2,1-3H3/t11-/m0/s1. The molecule has 1 aliphatic rings. The third kappa shape index (κ3) is 2.82. The van der Waals surface area contributed by atoms with Crippen LogP contribution in [-0.2, 0) is 20.7 Å². The summed E-state index contributed by atoms with van der Waals surface area (Å²) in [5, 5.41) is 0. The number of methoxy groups -OCH3 is 1. The van der Waals surface area contributed by atoms with E-state index in [9.17, 15) is 9.59 Å². The van der Waals surface area contributed by atoms with Gasteiger partial charge < -0.3 is 9.64 Å². The van der Waals surface area contributed by atoms with Crippen molar-refractivity contribution in [2.24, 2.45) is 5.92 Å². The van der Waals surface area contributed by atoms with Gasteiger partial charge in [-0.05, 0) is 59.2 Å². The van der Waals surface area contributed by atoms with Crippen molar-refractivity contribution in [1.82, 2.24) is 0 Å². The van der Waals surface area contributed by atoms with Crippen LogP contribution in [-0.4, -0.2) is 25.5 Å². The summed E-state index contributed by atoms with van der Waals surface area (Å²) < 4.78 is 5.98. The van der Waals surface area contributed by atoms with Crippen molar-refractivity contribution in [3.8, 4) is 0 Å². The third-order valence-corrected chi connectivity index (χ3v) is 5.21. The molecule has 1 heterocycles. The number of hydrogen-bond donors (Lipinski definition) is 0. The zero-order chi connectivity index (χ0) is 14.9. The SMILES string of the molecule is CCc1cc(N2C[C@@H](C(=O)OC)CC2=O)cc(C)c1I. The Morgan fingerprint density at radius 2 is 2.20 bits per heavy atom. The Hall–Kier alpha value is -1.11. The lowest BCUT2D eigenvalue weighted by atomic mass is 10.1. The number of anilines is 1. The molecule has 0 spiro atoms. The second kappa shape index (κ2) is 6.11. The number of esters is 1. The summed E-state index contributed by atoms with van der Waals surface area (Å²) in [5.74, 6) is -0.668. The molecule has 0 bridgehead atoms. The fraction of sp³-hybridized carbons (Fsp3) is 0.467. The number of amides is 1. The fourth-order valence-corrected chi connectivity index (χ4v) is 3.21. The van der Waals surface area contributed by atoms with Gasteiger partial charge in [-0.3, -0.25) is 9.59 Å². The molecule has 1 atom stereocenters. The lowest BCUT2D eigenvalue weighted by Crippen LogP contribution is -2.26. The average molecular weight is 387 g/mol. The van der Waals surface area contributed by atoms with Crippen molar-refractivity contribution in [2.45, 2.75) is 26.7 Å². The van der Waals surface area contributed by atoms with Crippen molar-refractivity contribution in [1.29, 1.82) is 0 Å². The van der Waals surface area contributed by atoms with Gasteiger partial charge in [-0.25, -0.2) is 0 Å². The monoisotopic (exact) mass is 387 g/mol. The highest BCUT2D eigenvalue weighted by atomic mass is 127. The van der Waals surface area contributed by atoms with Crippen molar-refractivity contribution in [3.05, 3.63) is 26.8 Å². The Morgan fingerprint density at radius 1 is 1.50 bits per heavy atom. The number of rotatable bonds is 3. The van der Waals surface area contributed by atoms with Crippen LogP contribution in [0.4, 0.5) is 5.69 Å². The molecule has 0 aliphatic carbocycles. The molecule has 20 heavy (non-hydrogen) atoms. The van der Waals surface area contributed by atoms with Crippen LogP contribution in [0.1, 0.15) is 24.5 Å². The Balaban J connectivity index is 2.31. The predicted molar refractivity (Wildman–Crippen MR) is 85.8 cm³/mol. The number of hydrogen-bond acceptors (Lipinski definition) is 3. The average Bonchev–Trinajstić information content (AvgIpc) is 2.83. The van der Waals surface area contributed by atoms with E-state index in [4.69, 9.17) is 4.74 Å². The smallest absolute Gasteiger partial charge is 0.311 e. The maximum Gasteiger partial charge on any atom is 0.311 e. The topological polar surface area (TPSA) is 46.6 Å². The Bertz CT molecular complexity index is 556. The lowest BCUT2D eigenvalue weighted by Gasteiger charge is -2.19. The van der Waals surface area contributed by atoms with E-state index in [0.29, 0.717) is 6.54 Å². The van der Waals surface area contributed by atoms with Gasteiger partial charge in [0.05, 0.1) is 13.0 Å². The molecule has 108 valence electrons. The molecule has 0 unspecified atom stereocenters. The molecule has 0 aromatic heterocycles. The largest absolute Gasteiger partial charge is 0.469 e. The van der Waals surface area contributed by atoms with Gasteiger partial charge in [0.25, 0.3) is 0 Å². The van der Waals surface area contributed by atoms with Crippen LogP contribution in [0.15, 0.2) is 12.1 Å². The van der Waals surface area contributed by atoms with E-state index in [-0.39, 0.29) is 24.2 Å². The number of nitrogens with zero attached hydrogens (tertiary/aromatic N) is 1. The number of aryl methyl sites for hydroxylation is 2. The van der Waals surface area contributed by atoms with Crippen LogP contribution in [0.2, 0.25) is 0 Å². The number of benzene rings is 1. The van der Waals surface area contributed by atoms with E-state index in [1.807, 2.05) is 19.1 Å². The molecule has 1 aromatic rings. The van der Waals surface area contributed by atoms with Crippen LogP contribution in [0.25, 0.3) is 0 Å². The Labute approximate surface area is 132 Å². The van der Waals surface area contributed by atoms with E-state index in [1.165, 1.54) is 16.2 Å². The van der Waals surface area contributed by atoms with Gasteiger partial charge in [0.1, 0.15) is 0 Å². The minimum atomic E-state index is -0.350.